The molecule has 1 aromatic heterocycles. The van der Waals surface area contributed by atoms with Crippen LogP contribution in [0.5, 0.6) is 0 Å². The first-order valence-corrected chi connectivity index (χ1v) is 8.17. The van der Waals surface area contributed by atoms with Crippen LogP contribution in [0.15, 0.2) is 66.0 Å². The van der Waals surface area contributed by atoms with Gasteiger partial charge >= 0.3 is 6.18 Å². The Labute approximate surface area is 140 Å². The number of nitrogens with zero attached hydrogens (tertiary/aromatic N) is 2. The van der Waals surface area contributed by atoms with Gasteiger partial charge in [0.15, 0.2) is 5.16 Å². The molecule has 0 N–H and O–H groups in total. The van der Waals surface area contributed by atoms with Gasteiger partial charge in [0.25, 0.3) is 0 Å². The monoisotopic (exact) mass is 344 g/mol. The van der Waals surface area contributed by atoms with E-state index >= 15 is 0 Å². The van der Waals surface area contributed by atoms with E-state index in [1.54, 1.807) is 0 Å². The van der Waals surface area contributed by atoms with E-state index in [0.29, 0.717) is 0 Å². The summed E-state index contributed by atoms with van der Waals surface area (Å²) in [5.74, 6) is 0. The second-order valence-electron chi connectivity index (χ2n) is 5.39. The van der Waals surface area contributed by atoms with Crippen molar-refractivity contribution in [3.05, 3.63) is 77.6 Å². The largest absolute Gasteiger partial charge is 0.433 e. The number of halogens is 3. The lowest BCUT2D eigenvalue weighted by Gasteiger charge is -2.13. The number of hydrogen-bond acceptors (Lipinski definition) is 3. The summed E-state index contributed by atoms with van der Waals surface area (Å²) >= 11 is 1.24. The molecule has 1 heterocycles. The summed E-state index contributed by atoms with van der Waals surface area (Å²) in [5, 5.41) is 0.0159. The number of hydrogen-bond donors (Lipinski definition) is 0. The molecule has 2 aromatic carbocycles. The fraction of sp³-hybridized carbons (Fsp3) is 0.111. The maximum absolute atomic E-state index is 12.9. The minimum atomic E-state index is -4.47. The lowest BCUT2D eigenvalue weighted by atomic mass is 10.1. The van der Waals surface area contributed by atoms with Crippen molar-refractivity contribution in [3.8, 4) is 11.1 Å². The fourth-order valence-corrected chi connectivity index (χ4v) is 4.05. The highest BCUT2D eigenvalue weighted by Crippen LogP contribution is 2.51. The molecular formula is C18H11F3N2S. The summed E-state index contributed by atoms with van der Waals surface area (Å²) in [7, 11) is 0. The molecule has 3 aromatic rings. The Kier molecular flexibility index (Phi) is 3.57. The molecule has 0 fully saturated rings. The highest BCUT2D eigenvalue weighted by molar-refractivity contribution is 7.99. The van der Waals surface area contributed by atoms with Gasteiger partial charge in [-0.2, -0.15) is 13.2 Å². The van der Waals surface area contributed by atoms with Crippen LogP contribution in [0.2, 0.25) is 0 Å². The molecule has 0 saturated heterocycles. The van der Waals surface area contributed by atoms with Crippen LogP contribution < -0.4 is 0 Å². The van der Waals surface area contributed by atoms with E-state index in [0.717, 1.165) is 34.5 Å². The third-order valence-corrected chi connectivity index (χ3v) is 5.07. The van der Waals surface area contributed by atoms with Crippen molar-refractivity contribution in [2.45, 2.75) is 16.6 Å². The van der Waals surface area contributed by atoms with E-state index in [1.807, 2.05) is 48.5 Å². The average molecular weight is 344 g/mol. The molecular weight excluding hydrogens is 333 g/mol. The highest BCUT2D eigenvalue weighted by atomic mass is 32.2. The zero-order valence-corrected chi connectivity index (χ0v) is 13.1. The summed E-state index contributed by atoms with van der Waals surface area (Å²) in [5.41, 5.74) is 3.45. The van der Waals surface area contributed by atoms with Crippen LogP contribution in [0, 0.1) is 0 Å². The first-order chi connectivity index (χ1) is 11.5. The van der Waals surface area contributed by atoms with Gasteiger partial charge in [0.2, 0.25) is 0 Å². The van der Waals surface area contributed by atoms with Crippen molar-refractivity contribution >= 4 is 11.8 Å². The molecule has 24 heavy (non-hydrogen) atoms. The van der Waals surface area contributed by atoms with Gasteiger partial charge in [-0.1, -0.05) is 60.3 Å². The van der Waals surface area contributed by atoms with E-state index in [4.69, 9.17) is 0 Å². The summed E-state index contributed by atoms with van der Waals surface area (Å²) < 4.78 is 38.6. The molecule has 4 rings (SSSR count). The number of fused-ring (bicyclic) bond motifs is 3. The molecule has 120 valence electrons. The van der Waals surface area contributed by atoms with Crippen LogP contribution in [0.3, 0.4) is 0 Å². The van der Waals surface area contributed by atoms with Crippen LogP contribution in [-0.4, -0.2) is 9.97 Å². The summed E-state index contributed by atoms with van der Waals surface area (Å²) in [6.07, 6.45) is -3.31. The Bertz CT molecular complexity index is 863. The normalized spacial score (nSPS) is 13.6. The van der Waals surface area contributed by atoms with E-state index in [2.05, 4.69) is 9.97 Å². The fourth-order valence-electron chi connectivity index (χ4n) is 2.90. The van der Waals surface area contributed by atoms with Gasteiger partial charge in [-0.15, -0.1) is 0 Å². The predicted molar refractivity (Wildman–Crippen MR) is 86.6 cm³/mol. The first-order valence-electron chi connectivity index (χ1n) is 7.29. The van der Waals surface area contributed by atoms with Crippen molar-refractivity contribution in [1.29, 1.82) is 0 Å². The zero-order chi connectivity index (χ0) is 16.7. The van der Waals surface area contributed by atoms with E-state index in [9.17, 15) is 13.2 Å². The molecule has 0 amide bonds. The Balaban J connectivity index is 1.76. The molecule has 0 saturated carbocycles. The van der Waals surface area contributed by atoms with Gasteiger partial charge in [0.05, 0.1) is 5.25 Å². The maximum Gasteiger partial charge on any atom is 0.433 e. The van der Waals surface area contributed by atoms with Crippen molar-refractivity contribution in [3.63, 3.8) is 0 Å². The van der Waals surface area contributed by atoms with Crippen LogP contribution in [-0.2, 0) is 6.18 Å². The van der Waals surface area contributed by atoms with Crippen LogP contribution >= 0.6 is 11.8 Å². The Morgan fingerprint density at radius 3 is 2.00 bits per heavy atom. The zero-order valence-electron chi connectivity index (χ0n) is 12.3. The molecule has 1 aliphatic rings. The van der Waals surface area contributed by atoms with Crippen LogP contribution in [0.25, 0.3) is 11.1 Å². The standard InChI is InChI=1S/C18H11F3N2S/c19-18(20,21)15-9-10-22-17(23-15)24-16-13-7-3-1-5-11(13)12-6-2-4-8-14(12)16/h1-10,16H. The van der Waals surface area contributed by atoms with E-state index in [-0.39, 0.29) is 10.4 Å². The van der Waals surface area contributed by atoms with E-state index < -0.39 is 11.9 Å². The first kappa shape index (κ1) is 15.2. The van der Waals surface area contributed by atoms with Crippen molar-refractivity contribution in [2.75, 3.05) is 0 Å². The van der Waals surface area contributed by atoms with Gasteiger partial charge in [0, 0.05) is 6.20 Å². The van der Waals surface area contributed by atoms with Gasteiger partial charge in [0.1, 0.15) is 5.69 Å². The van der Waals surface area contributed by atoms with Gasteiger partial charge in [-0.05, 0) is 28.3 Å². The Hall–Kier alpha value is -2.34. The lowest BCUT2D eigenvalue weighted by molar-refractivity contribution is -0.141. The second kappa shape index (κ2) is 5.63. The molecule has 1 aliphatic carbocycles. The molecule has 2 nitrogen and oxygen atoms in total. The molecule has 0 aliphatic heterocycles. The molecule has 0 atom stereocenters. The number of benzene rings is 2. The van der Waals surface area contributed by atoms with Crippen molar-refractivity contribution in [1.82, 2.24) is 9.97 Å². The summed E-state index contributed by atoms with van der Waals surface area (Å²) in [4.78, 5) is 7.69. The van der Waals surface area contributed by atoms with Gasteiger partial charge < -0.3 is 0 Å². The molecule has 0 radical (unpaired) electrons. The maximum atomic E-state index is 12.9. The highest BCUT2D eigenvalue weighted by Gasteiger charge is 2.34. The minimum absolute atomic E-state index is 0.110. The number of aromatic nitrogens is 2. The second-order valence-corrected chi connectivity index (χ2v) is 6.47. The minimum Gasteiger partial charge on any atom is -0.231 e. The lowest BCUT2D eigenvalue weighted by Crippen LogP contribution is -2.09. The number of rotatable bonds is 2. The topological polar surface area (TPSA) is 25.8 Å². The van der Waals surface area contributed by atoms with Crippen LogP contribution in [0.4, 0.5) is 13.2 Å². The average Bonchev–Trinajstić information content (AvgIpc) is 2.89. The Morgan fingerprint density at radius 2 is 1.42 bits per heavy atom. The molecule has 6 heteroatoms. The van der Waals surface area contributed by atoms with E-state index in [1.165, 1.54) is 11.8 Å². The molecule has 0 unspecified atom stereocenters. The smallest absolute Gasteiger partial charge is 0.231 e. The SMILES string of the molecule is FC(F)(F)c1ccnc(SC2c3ccccc3-c3ccccc32)n1. The van der Waals surface area contributed by atoms with Crippen molar-refractivity contribution < 1.29 is 13.2 Å². The molecule has 0 spiro atoms. The third kappa shape index (κ3) is 2.57. The Morgan fingerprint density at radius 1 is 0.833 bits per heavy atom. The molecule has 0 bridgehead atoms. The predicted octanol–water partition coefficient (Wildman–Crippen LogP) is 5.36. The van der Waals surface area contributed by atoms with Crippen LogP contribution in [0.1, 0.15) is 22.1 Å². The van der Waals surface area contributed by atoms with Gasteiger partial charge in [-0.25, -0.2) is 9.97 Å². The summed E-state index contributed by atoms with van der Waals surface area (Å²) in [6.45, 7) is 0. The van der Waals surface area contributed by atoms with Crippen molar-refractivity contribution in [2.24, 2.45) is 0 Å². The third-order valence-electron chi connectivity index (χ3n) is 3.92. The summed E-state index contributed by atoms with van der Waals surface area (Å²) in [6, 6.07) is 16.7. The van der Waals surface area contributed by atoms with Gasteiger partial charge in [-0.3, -0.25) is 0 Å². The quantitative estimate of drug-likeness (QED) is 0.586. The number of thioether (sulfide) groups is 1. The number of alkyl halides is 3.